The third kappa shape index (κ3) is 8.23. The number of carbonyl (C=O) groups excluding carboxylic acids is 1. The highest BCUT2D eigenvalue weighted by molar-refractivity contribution is 7.92. The minimum atomic E-state index is -3.51. The molecule has 1 amide bonds. The lowest BCUT2D eigenvalue weighted by molar-refractivity contribution is -0.113. The van der Waals surface area contributed by atoms with Crippen LogP contribution in [0.15, 0.2) is 54.6 Å². The van der Waals surface area contributed by atoms with E-state index in [4.69, 9.17) is 0 Å². The minimum Gasteiger partial charge on any atom is -0.325 e. The molecule has 27 heavy (non-hydrogen) atoms. The first kappa shape index (κ1) is 20.9. The highest BCUT2D eigenvalue weighted by Crippen LogP contribution is 2.14. The van der Waals surface area contributed by atoms with Gasteiger partial charge >= 0.3 is 0 Å². The molecule has 2 aromatic carbocycles. The Labute approximate surface area is 159 Å². The van der Waals surface area contributed by atoms with Crippen LogP contribution in [0.2, 0.25) is 0 Å². The highest BCUT2D eigenvalue weighted by atomic mass is 32.2. The third-order valence-electron chi connectivity index (χ3n) is 3.59. The molecule has 0 aliphatic carbocycles. The van der Waals surface area contributed by atoms with Gasteiger partial charge in [-0.1, -0.05) is 30.3 Å². The van der Waals surface area contributed by atoms with Crippen molar-refractivity contribution < 1.29 is 21.6 Å². The molecule has 0 atom stereocenters. The zero-order valence-electron chi connectivity index (χ0n) is 14.9. The van der Waals surface area contributed by atoms with Crippen LogP contribution in [0.5, 0.6) is 0 Å². The van der Waals surface area contributed by atoms with Crippen molar-refractivity contribution in [3.05, 3.63) is 60.2 Å². The molecule has 0 fully saturated rings. The van der Waals surface area contributed by atoms with Crippen LogP contribution in [-0.2, 0) is 31.1 Å². The van der Waals surface area contributed by atoms with E-state index in [9.17, 15) is 21.6 Å². The van der Waals surface area contributed by atoms with Gasteiger partial charge in [0.25, 0.3) is 0 Å². The SMILES string of the molecule is CS(=O)(=O)Nc1ccc(NC(=O)CS(=O)(=O)CCCc2ccccc2)cc1. The third-order valence-corrected chi connectivity index (χ3v) is 5.81. The van der Waals surface area contributed by atoms with Gasteiger partial charge in [0, 0.05) is 11.4 Å². The van der Waals surface area contributed by atoms with Crippen LogP contribution < -0.4 is 10.0 Å². The Hall–Kier alpha value is -2.39. The van der Waals surface area contributed by atoms with Gasteiger partial charge in [0.15, 0.2) is 9.84 Å². The number of aryl methyl sites for hydroxylation is 1. The number of rotatable bonds is 9. The molecule has 0 unspecified atom stereocenters. The molecule has 0 heterocycles. The molecule has 9 heteroatoms. The second-order valence-corrected chi connectivity index (χ2v) is 10.1. The van der Waals surface area contributed by atoms with E-state index in [1.807, 2.05) is 30.3 Å². The number of hydrogen-bond acceptors (Lipinski definition) is 5. The van der Waals surface area contributed by atoms with E-state index < -0.39 is 31.5 Å². The van der Waals surface area contributed by atoms with Crippen LogP contribution in [0.25, 0.3) is 0 Å². The van der Waals surface area contributed by atoms with Gasteiger partial charge in [-0.15, -0.1) is 0 Å². The van der Waals surface area contributed by atoms with Crippen LogP contribution in [0, 0.1) is 0 Å². The Morgan fingerprint density at radius 3 is 2.07 bits per heavy atom. The number of benzene rings is 2. The Bertz CT molecular complexity index is 970. The van der Waals surface area contributed by atoms with Crippen molar-refractivity contribution in [1.82, 2.24) is 0 Å². The van der Waals surface area contributed by atoms with Gasteiger partial charge in [0.2, 0.25) is 15.9 Å². The van der Waals surface area contributed by atoms with E-state index in [0.29, 0.717) is 24.2 Å². The fraction of sp³-hybridized carbons (Fsp3) is 0.278. The van der Waals surface area contributed by atoms with Crippen molar-refractivity contribution in [2.75, 3.05) is 27.8 Å². The molecule has 2 aromatic rings. The van der Waals surface area contributed by atoms with Crippen molar-refractivity contribution in [3.63, 3.8) is 0 Å². The molecular weight excluding hydrogens is 388 g/mol. The van der Waals surface area contributed by atoms with Gasteiger partial charge < -0.3 is 5.32 Å². The predicted octanol–water partition coefficient (Wildman–Crippen LogP) is 2.04. The summed E-state index contributed by atoms with van der Waals surface area (Å²) in [6, 6.07) is 15.5. The van der Waals surface area contributed by atoms with Crippen molar-refractivity contribution >= 4 is 37.1 Å². The fourth-order valence-corrected chi connectivity index (χ4v) is 4.21. The molecule has 2 N–H and O–H groups in total. The first-order valence-electron chi connectivity index (χ1n) is 8.25. The molecule has 7 nitrogen and oxygen atoms in total. The largest absolute Gasteiger partial charge is 0.325 e. The van der Waals surface area contributed by atoms with E-state index in [1.54, 1.807) is 0 Å². The van der Waals surface area contributed by atoms with Gasteiger partial charge in [0.1, 0.15) is 5.75 Å². The topological polar surface area (TPSA) is 109 Å². The summed E-state index contributed by atoms with van der Waals surface area (Å²) >= 11 is 0. The Balaban J connectivity index is 1.83. The smallest absolute Gasteiger partial charge is 0.239 e. The second kappa shape index (κ2) is 9.01. The van der Waals surface area contributed by atoms with Gasteiger partial charge in [-0.05, 0) is 42.7 Å². The molecule has 0 aliphatic heterocycles. The summed E-state index contributed by atoms with van der Waals surface area (Å²) in [4.78, 5) is 12.0. The first-order chi connectivity index (χ1) is 12.6. The molecule has 0 saturated carbocycles. The molecule has 0 radical (unpaired) electrons. The number of nitrogens with one attached hydrogen (secondary N) is 2. The zero-order chi connectivity index (χ0) is 19.9. The first-order valence-corrected chi connectivity index (χ1v) is 12.0. The highest BCUT2D eigenvalue weighted by Gasteiger charge is 2.16. The number of sulfone groups is 1. The fourth-order valence-electron chi connectivity index (χ4n) is 2.45. The second-order valence-electron chi connectivity index (χ2n) is 6.18. The van der Waals surface area contributed by atoms with Crippen molar-refractivity contribution in [2.45, 2.75) is 12.8 Å². The molecule has 0 spiro atoms. The van der Waals surface area contributed by atoms with Gasteiger partial charge in [0.05, 0.1) is 12.0 Å². The van der Waals surface area contributed by atoms with Crippen molar-refractivity contribution in [2.24, 2.45) is 0 Å². The zero-order valence-corrected chi connectivity index (χ0v) is 16.5. The van der Waals surface area contributed by atoms with Gasteiger partial charge in [-0.3, -0.25) is 9.52 Å². The number of carbonyl (C=O) groups is 1. The van der Waals surface area contributed by atoms with E-state index in [2.05, 4.69) is 10.0 Å². The summed E-state index contributed by atoms with van der Waals surface area (Å²) in [6.45, 7) is 0. The number of amides is 1. The van der Waals surface area contributed by atoms with E-state index in [-0.39, 0.29) is 5.75 Å². The van der Waals surface area contributed by atoms with Crippen LogP contribution >= 0.6 is 0 Å². The molecule has 0 aliphatic rings. The summed E-state index contributed by atoms with van der Waals surface area (Å²) < 4.78 is 48.8. The minimum absolute atomic E-state index is 0.0630. The van der Waals surface area contributed by atoms with Crippen LogP contribution in [-0.4, -0.2) is 40.5 Å². The van der Waals surface area contributed by atoms with E-state index in [0.717, 1.165) is 11.8 Å². The summed E-state index contributed by atoms with van der Waals surface area (Å²) in [5, 5.41) is 2.50. The van der Waals surface area contributed by atoms with Crippen molar-refractivity contribution in [1.29, 1.82) is 0 Å². The monoisotopic (exact) mass is 410 g/mol. The van der Waals surface area contributed by atoms with E-state index >= 15 is 0 Å². The molecule has 2 rings (SSSR count). The Morgan fingerprint density at radius 2 is 1.48 bits per heavy atom. The van der Waals surface area contributed by atoms with Crippen molar-refractivity contribution in [3.8, 4) is 0 Å². The van der Waals surface area contributed by atoms with E-state index in [1.165, 1.54) is 24.3 Å². The standard InChI is InChI=1S/C18H22N2O5S2/c1-26(22,23)20-17-11-9-16(10-12-17)19-18(21)14-27(24,25)13-5-8-15-6-3-2-4-7-15/h2-4,6-7,9-12,20H,5,8,13-14H2,1H3,(H,19,21). The maximum Gasteiger partial charge on any atom is 0.239 e. The number of sulfonamides is 1. The average molecular weight is 411 g/mol. The quantitative estimate of drug-likeness (QED) is 0.657. The predicted molar refractivity (Wildman–Crippen MR) is 107 cm³/mol. The van der Waals surface area contributed by atoms with Crippen LogP contribution in [0.3, 0.4) is 0 Å². The lowest BCUT2D eigenvalue weighted by Gasteiger charge is -2.08. The van der Waals surface area contributed by atoms with Gasteiger partial charge in [-0.25, -0.2) is 16.8 Å². The lowest BCUT2D eigenvalue weighted by Crippen LogP contribution is -2.25. The summed E-state index contributed by atoms with van der Waals surface area (Å²) in [6.07, 6.45) is 2.12. The molecule has 0 bridgehead atoms. The summed E-state index contributed by atoms with van der Waals surface area (Å²) in [5.74, 6) is -1.28. The maximum atomic E-state index is 12.1. The van der Waals surface area contributed by atoms with Crippen LogP contribution in [0.4, 0.5) is 11.4 Å². The Kier molecular flexibility index (Phi) is 6.98. The Morgan fingerprint density at radius 1 is 0.889 bits per heavy atom. The summed E-state index contributed by atoms with van der Waals surface area (Å²) in [7, 11) is -6.89. The molecule has 0 aromatic heterocycles. The maximum absolute atomic E-state index is 12.1. The molecular formula is C18H22N2O5S2. The average Bonchev–Trinajstić information content (AvgIpc) is 2.55. The molecule has 0 saturated heterocycles. The number of anilines is 2. The number of hydrogen-bond donors (Lipinski definition) is 2. The van der Waals surface area contributed by atoms with Crippen LogP contribution in [0.1, 0.15) is 12.0 Å². The summed E-state index contributed by atoms with van der Waals surface area (Å²) in [5.41, 5.74) is 1.79. The normalized spacial score (nSPS) is 11.7. The molecule has 146 valence electrons. The van der Waals surface area contributed by atoms with Gasteiger partial charge in [-0.2, -0.15) is 0 Å². The lowest BCUT2D eigenvalue weighted by atomic mass is 10.1.